The summed E-state index contributed by atoms with van der Waals surface area (Å²) in [6.07, 6.45) is 0. The first-order chi connectivity index (χ1) is 9.70. The molecule has 1 atom stereocenters. The smallest absolute Gasteiger partial charge is 0.0716 e. The third-order valence-corrected chi connectivity index (χ3v) is 3.60. The standard InChI is InChI=1S/C17H20ClNO/c1-13(14-8-5-9-17(18)10-14)19-11-15-6-3-4-7-16(15)12-20-2/h3-10,13,19H,11-12H2,1-2H3. The van der Waals surface area contributed by atoms with Crippen LogP contribution in [0.5, 0.6) is 0 Å². The molecule has 0 fully saturated rings. The van der Waals surface area contributed by atoms with Crippen LogP contribution in [-0.4, -0.2) is 7.11 Å². The largest absolute Gasteiger partial charge is 0.380 e. The van der Waals surface area contributed by atoms with Gasteiger partial charge >= 0.3 is 0 Å². The fourth-order valence-corrected chi connectivity index (χ4v) is 2.38. The Balaban J connectivity index is 2.01. The van der Waals surface area contributed by atoms with Gasteiger partial charge in [-0.05, 0) is 35.7 Å². The molecule has 0 bridgehead atoms. The van der Waals surface area contributed by atoms with Crippen molar-refractivity contribution in [3.05, 3.63) is 70.2 Å². The second-order valence-electron chi connectivity index (χ2n) is 4.86. The van der Waals surface area contributed by atoms with Crippen molar-refractivity contribution in [2.24, 2.45) is 0 Å². The van der Waals surface area contributed by atoms with Crippen LogP contribution in [0.25, 0.3) is 0 Å². The Labute approximate surface area is 125 Å². The molecule has 0 amide bonds. The van der Waals surface area contributed by atoms with Crippen LogP contribution in [0, 0.1) is 0 Å². The van der Waals surface area contributed by atoms with Crippen molar-refractivity contribution in [2.45, 2.75) is 26.1 Å². The summed E-state index contributed by atoms with van der Waals surface area (Å²) in [5.74, 6) is 0. The van der Waals surface area contributed by atoms with Crippen LogP contribution < -0.4 is 5.32 Å². The van der Waals surface area contributed by atoms with Crippen molar-refractivity contribution < 1.29 is 4.74 Å². The molecule has 20 heavy (non-hydrogen) atoms. The molecular weight excluding hydrogens is 270 g/mol. The molecule has 2 aromatic rings. The number of hydrogen-bond donors (Lipinski definition) is 1. The Bertz CT molecular complexity index is 556. The molecule has 2 nitrogen and oxygen atoms in total. The van der Waals surface area contributed by atoms with Gasteiger partial charge < -0.3 is 10.1 Å². The quantitative estimate of drug-likeness (QED) is 0.854. The summed E-state index contributed by atoms with van der Waals surface area (Å²) >= 11 is 6.03. The van der Waals surface area contributed by atoms with E-state index < -0.39 is 0 Å². The van der Waals surface area contributed by atoms with Crippen LogP contribution in [0.2, 0.25) is 5.02 Å². The van der Waals surface area contributed by atoms with E-state index >= 15 is 0 Å². The maximum absolute atomic E-state index is 6.03. The van der Waals surface area contributed by atoms with Gasteiger partial charge in [0, 0.05) is 24.7 Å². The fourth-order valence-electron chi connectivity index (χ4n) is 2.18. The Morgan fingerprint density at radius 3 is 2.55 bits per heavy atom. The second kappa shape index (κ2) is 7.44. The van der Waals surface area contributed by atoms with Crippen molar-refractivity contribution in [2.75, 3.05) is 7.11 Å². The predicted octanol–water partition coefficient (Wildman–Crippen LogP) is 4.34. The predicted molar refractivity (Wildman–Crippen MR) is 83.9 cm³/mol. The molecule has 2 rings (SSSR count). The zero-order chi connectivity index (χ0) is 14.4. The van der Waals surface area contributed by atoms with Gasteiger partial charge in [0.25, 0.3) is 0 Å². The summed E-state index contributed by atoms with van der Waals surface area (Å²) in [7, 11) is 1.72. The van der Waals surface area contributed by atoms with Crippen molar-refractivity contribution in [3.8, 4) is 0 Å². The number of nitrogens with one attached hydrogen (secondary N) is 1. The summed E-state index contributed by atoms with van der Waals surface area (Å²) in [5.41, 5.74) is 3.69. The SMILES string of the molecule is COCc1ccccc1CNC(C)c1cccc(Cl)c1. The molecule has 0 spiro atoms. The van der Waals surface area contributed by atoms with Crippen LogP contribution >= 0.6 is 11.6 Å². The van der Waals surface area contributed by atoms with E-state index in [0.717, 1.165) is 11.6 Å². The molecule has 1 unspecified atom stereocenters. The van der Waals surface area contributed by atoms with Crippen LogP contribution in [0.1, 0.15) is 29.7 Å². The minimum atomic E-state index is 0.254. The molecular formula is C17H20ClNO. The van der Waals surface area contributed by atoms with Gasteiger partial charge in [0.1, 0.15) is 0 Å². The number of ether oxygens (including phenoxy) is 1. The molecule has 0 radical (unpaired) electrons. The van der Waals surface area contributed by atoms with Crippen LogP contribution in [0.4, 0.5) is 0 Å². The Hall–Kier alpha value is -1.35. The third-order valence-electron chi connectivity index (χ3n) is 3.37. The van der Waals surface area contributed by atoms with Gasteiger partial charge in [-0.25, -0.2) is 0 Å². The summed E-state index contributed by atoms with van der Waals surface area (Å²) in [6, 6.07) is 16.5. The summed E-state index contributed by atoms with van der Waals surface area (Å²) < 4.78 is 5.23. The molecule has 106 valence electrons. The Morgan fingerprint density at radius 2 is 1.85 bits per heavy atom. The highest BCUT2D eigenvalue weighted by Crippen LogP contribution is 2.18. The lowest BCUT2D eigenvalue weighted by Crippen LogP contribution is -2.19. The van der Waals surface area contributed by atoms with Crippen LogP contribution in [0.3, 0.4) is 0 Å². The maximum Gasteiger partial charge on any atom is 0.0716 e. The lowest BCUT2D eigenvalue weighted by atomic mass is 10.1. The first-order valence-corrected chi connectivity index (χ1v) is 7.13. The van der Waals surface area contributed by atoms with Crippen molar-refractivity contribution in [3.63, 3.8) is 0 Å². The first kappa shape index (κ1) is 15.0. The van der Waals surface area contributed by atoms with Gasteiger partial charge in [-0.1, -0.05) is 48.0 Å². The van der Waals surface area contributed by atoms with E-state index in [2.05, 4.69) is 36.5 Å². The highest BCUT2D eigenvalue weighted by molar-refractivity contribution is 6.30. The second-order valence-corrected chi connectivity index (χ2v) is 5.30. The zero-order valence-electron chi connectivity index (χ0n) is 11.9. The zero-order valence-corrected chi connectivity index (χ0v) is 12.7. The minimum absolute atomic E-state index is 0.254. The van der Waals surface area contributed by atoms with E-state index in [4.69, 9.17) is 16.3 Å². The highest BCUT2D eigenvalue weighted by Gasteiger charge is 2.07. The number of methoxy groups -OCH3 is 1. The third kappa shape index (κ3) is 4.07. The van der Waals surface area contributed by atoms with E-state index in [1.165, 1.54) is 16.7 Å². The molecule has 0 saturated heterocycles. The van der Waals surface area contributed by atoms with E-state index in [-0.39, 0.29) is 6.04 Å². The summed E-state index contributed by atoms with van der Waals surface area (Å²) in [6.45, 7) is 3.60. The highest BCUT2D eigenvalue weighted by atomic mass is 35.5. The molecule has 1 N–H and O–H groups in total. The molecule has 0 aliphatic rings. The van der Waals surface area contributed by atoms with Gasteiger partial charge in [-0.15, -0.1) is 0 Å². The van der Waals surface area contributed by atoms with Gasteiger partial charge in [0.2, 0.25) is 0 Å². The van der Waals surface area contributed by atoms with Crippen LogP contribution in [0.15, 0.2) is 48.5 Å². The van der Waals surface area contributed by atoms with Crippen LogP contribution in [-0.2, 0) is 17.9 Å². The minimum Gasteiger partial charge on any atom is -0.380 e. The van der Waals surface area contributed by atoms with Crippen molar-refractivity contribution in [1.82, 2.24) is 5.32 Å². The van der Waals surface area contributed by atoms with E-state index in [1.807, 2.05) is 24.3 Å². The summed E-state index contributed by atoms with van der Waals surface area (Å²) in [4.78, 5) is 0. The molecule has 0 heterocycles. The maximum atomic E-state index is 6.03. The van der Waals surface area contributed by atoms with Gasteiger partial charge in [0.05, 0.1) is 6.61 Å². The number of rotatable bonds is 6. The average molecular weight is 290 g/mol. The molecule has 0 saturated carbocycles. The molecule has 3 heteroatoms. The van der Waals surface area contributed by atoms with Crippen molar-refractivity contribution in [1.29, 1.82) is 0 Å². The Morgan fingerprint density at radius 1 is 1.10 bits per heavy atom. The molecule has 0 aliphatic heterocycles. The lowest BCUT2D eigenvalue weighted by Gasteiger charge is -2.16. The number of benzene rings is 2. The van der Waals surface area contributed by atoms with E-state index in [9.17, 15) is 0 Å². The number of halogens is 1. The van der Waals surface area contributed by atoms with Gasteiger partial charge in [-0.3, -0.25) is 0 Å². The lowest BCUT2D eigenvalue weighted by molar-refractivity contribution is 0.184. The first-order valence-electron chi connectivity index (χ1n) is 6.75. The average Bonchev–Trinajstić information content (AvgIpc) is 2.46. The van der Waals surface area contributed by atoms with E-state index in [0.29, 0.717) is 6.61 Å². The summed E-state index contributed by atoms with van der Waals surface area (Å²) in [5, 5.41) is 4.30. The van der Waals surface area contributed by atoms with Gasteiger partial charge in [-0.2, -0.15) is 0 Å². The molecule has 2 aromatic carbocycles. The van der Waals surface area contributed by atoms with Gasteiger partial charge in [0.15, 0.2) is 0 Å². The number of hydrogen-bond acceptors (Lipinski definition) is 2. The molecule has 0 aromatic heterocycles. The Kier molecular flexibility index (Phi) is 5.60. The normalized spacial score (nSPS) is 12.3. The van der Waals surface area contributed by atoms with Crippen molar-refractivity contribution >= 4 is 11.6 Å². The molecule has 0 aliphatic carbocycles. The monoisotopic (exact) mass is 289 g/mol. The fraction of sp³-hybridized carbons (Fsp3) is 0.294. The van der Waals surface area contributed by atoms with E-state index in [1.54, 1.807) is 7.11 Å². The topological polar surface area (TPSA) is 21.3 Å².